The Hall–Kier alpha value is -0.483. The molecule has 0 saturated carbocycles. The van der Waals surface area contributed by atoms with E-state index in [9.17, 15) is 4.79 Å². The van der Waals surface area contributed by atoms with Crippen LogP contribution >= 0.6 is 12.2 Å². The Labute approximate surface area is 75.2 Å². The summed E-state index contributed by atoms with van der Waals surface area (Å²) < 4.78 is 0. The fourth-order valence-electron chi connectivity index (χ4n) is 0.123. The molecule has 7 N–H and O–H groups in total. The molecule has 0 radical (unpaired) electrons. The average molecular weight is 158 g/mol. The number of carbonyl (C=O) groups is 1. The minimum Gasteiger partial charge on any atom is -0.870 e. The normalized spacial score (nSPS) is 6.00. The summed E-state index contributed by atoms with van der Waals surface area (Å²) in [6.45, 7) is 0. The van der Waals surface area contributed by atoms with Gasteiger partial charge in [0.15, 0.2) is 5.11 Å². The van der Waals surface area contributed by atoms with Crippen molar-refractivity contribution in [2.24, 2.45) is 11.5 Å². The fourth-order valence-corrected chi connectivity index (χ4v) is 0.174. The maximum absolute atomic E-state index is 9.84. The van der Waals surface area contributed by atoms with E-state index in [1.165, 1.54) is 0 Å². The van der Waals surface area contributed by atoms with E-state index in [-0.39, 0.29) is 29.4 Å². The molecule has 0 aromatic rings. The summed E-state index contributed by atoms with van der Waals surface area (Å²) in [6.07, 6.45) is 0. The van der Waals surface area contributed by atoms with Gasteiger partial charge in [-0.2, -0.15) is 0 Å². The number of hydrazine groups is 1. The second-order valence-electron chi connectivity index (χ2n) is 0.979. The molecule has 10 heavy (non-hydrogen) atoms. The molecular formula is C2H7LiN4O2S. The largest absolute Gasteiger partial charge is 1.00 e. The molecule has 0 aliphatic carbocycles. The zero-order valence-electron chi connectivity index (χ0n) is 5.42. The summed E-state index contributed by atoms with van der Waals surface area (Å²) >= 11 is 4.31. The predicted molar refractivity (Wildman–Crippen MR) is 34.6 cm³/mol. The van der Waals surface area contributed by atoms with E-state index in [2.05, 4.69) is 23.4 Å². The standard InChI is InChI=1S/C2H6N4OS.Li.H2O/c3-1(7)5-6-2(4)8;;/h(H3,3,5,7)(H3,4,6,8);;1H2/q;+1;/p-1. The van der Waals surface area contributed by atoms with Gasteiger partial charge in [0.1, 0.15) is 0 Å². The van der Waals surface area contributed by atoms with Gasteiger partial charge in [-0.25, -0.2) is 10.2 Å². The Morgan fingerprint density at radius 1 is 1.30 bits per heavy atom. The van der Waals surface area contributed by atoms with Crippen molar-refractivity contribution in [3.8, 4) is 0 Å². The molecule has 0 saturated heterocycles. The topological polar surface area (TPSA) is 123 Å². The van der Waals surface area contributed by atoms with Crippen molar-refractivity contribution in [3.05, 3.63) is 0 Å². The Bertz CT molecular complexity index is 106. The van der Waals surface area contributed by atoms with Gasteiger partial charge in [0, 0.05) is 0 Å². The Kier molecular flexibility index (Phi) is 13.8. The van der Waals surface area contributed by atoms with E-state index in [0.717, 1.165) is 0 Å². The SMILES string of the molecule is NC(=O)NNC(N)=S.[Li+].[OH-]. The first-order valence-electron chi connectivity index (χ1n) is 1.74. The first-order chi connectivity index (χ1) is 3.63. The number of nitrogens with two attached hydrogens (primary N) is 2. The van der Waals surface area contributed by atoms with Gasteiger partial charge in [-0.15, -0.1) is 0 Å². The number of nitrogens with one attached hydrogen (secondary N) is 2. The van der Waals surface area contributed by atoms with Gasteiger partial charge in [0.05, 0.1) is 0 Å². The van der Waals surface area contributed by atoms with Gasteiger partial charge in [0.25, 0.3) is 0 Å². The monoisotopic (exact) mass is 158 g/mol. The zero-order valence-corrected chi connectivity index (χ0v) is 6.23. The first-order valence-corrected chi connectivity index (χ1v) is 2.14. The van der Waals surface area contributed by atoms with Crippen LogP contribution in [-0.4, -0.2) is 16.6 Å². The van der Waals surface area contributed by atoms with Crippen LogP contribution in [0.25, 0.3) is 0 Å². The molecule has 54 valence electrons. The zero-order chi connectivity index (χ0) is 6.57. The maximum atomic E-state index is 9.84. The van der Waals surface area contributed by atoms with Gasteiger partial charge in [0.2, 0.25) is 0 Å². The third-order valence-electron chi connectivity index (χ3n) is 0.309. The molecule has 0 aromatic heterocycles. The van der Waals surface area contributed by atoms with Crippen molar-refractivity contribution >= 4 is 23.4 Å². The molecule has 0 spiro atoms. The van der Waals surface area contributed by atoms with E-state index in [1.54, 1.807) is 0 Å². The van der Waals surface area contributed by atoms with Crippen LogP contribution in [0.5, 0.6) is 0 Å². The predicted octanol–water partition coefficient (Wildman–Crippen LogP) is -4.77. The third kappa shape index (κ3) is 15.6. The Morgan fingerprint density at radius 3 is 1.80 bits per heavy atom. The van der Waals surface area contributed by atoms with E-state index in [4.69, 9.17) is 5.73 Å². The Morgan fingerprint density at radius 2 is 1.70 bits per heavy atom. The molecular weight excluding hydrogens is 151 g/mol. The quantitative estimate of drug-likeness (QED) is 0.160. The summed E-state index contributed by atoms with van der Waals surface area (Å²) in [5, 5.41) is -0.0243. The van der Waals surface area contributed by atoms with Gasteiger partial charge in [-0.05, 0) is 12.2 Å². The van der Waals surface area contributed by atoms with Gasteiger partial charge in [-0.3, -0.25) is 5.43 Å². The molecule has 0 heterocycles. The molecule has 2 amide bonds. The van der Waals surface area contributed by atoms with E-state index >= 15 is 0 Å². The molecule has 0 aliphatic heterocycles. The fraction of sp³-hybridized carbons (Fsp3) is 0. The number of thiocarbonyl (C=S) groups is 1. The molecule has 6 nitrogen and oxygen atoms in total. The number of urea groups is 1. The molecule has 0 fully saturated rings. The number of hydrogen-bond acceptors (Lipinski definition) is 3. The van der Waals surface area contributed by atoms with Crippen molar-refractivity contribution in [2.75, 3.05) is 0 Å². The summed E-state index contributed by atoms with van der Waals surface area (Å²) in [5.41, 5.74) is 13.6. The summed E-state index contributed by atoms with van der Waals surface area (Å²) in [6, 6.07) is -0.724. The first kappa shape index (κ1) is 16.3. The smallest absolute Gasteiger partial charge is 0.870 e. The molecule has 8 heteroatoms. The molecule has 0 unspecified atom stereocenters. The van der Waals surface area contributed by atoms with Crippen LogP contribution in [0.4, 0.5) is 4.79 Å². The molecule has 0 atom stereocenters. The number of carbonyl (C=O) groups excluding carboxylic acids is 1. The van der Waals surface area contributed by atoms with Crippen molar-refractivity contribution in [2.45, 2.75) is 0 Å². The second kappa shape index (κ2) is 8.52. The van der Waals surface area contributed by atoms with Gasteiger partial charge in [-0.1, -0.05) is 0 Å². The number of amides is 2. The van der Waals surface area contributed by atoms with E-state index in [0.29, 0.717) is 0 Å². The van der Waals surface area contributed by atoms with Crippen LogP contribution in [0.1, 0.15) is 0 Å². The number of hydrogen-bond donors (Lipinski definition) is 4. The molecule has 0 aliphatic rings. The van der Waals surface area contributed by atoms with Crippen LogP contribution in [0.2, 0.25) is 0 Å². The van der Waals surface area contributed by atoms with E-state index in [1.807, 2.05) is 5.43 Å². The number of rotatable bonds is 0. The van der Waals surface area contributed by atoms with Crippen LogP contribution < -0.4 is 41.2 Å². The summed E-state index contributed by atoms with van der Waals surface area (Å²) in [4.78, 5) is 9.84. The van der Waals surface area contributed by atoms with Gasteiger partial charge >= 0.3 is 24.9 Å². The number of primary amides is 1. The summed E-state index contributed by atoms with van der Waals surface area (Å²) in [5.74, 6) is 0. The van der Waals surface area contributed by atoms with Crippen LogP contribution in [-0.2, 0) is 0 Å². The second-order valence-corrected chi connectivity index (χ2v) is 1.42. The average Bonchev–Trinajstić information content (AvgIpc) is 1.61. The van der Waals surface area contributed by atoms with Gasteiger partial charge < -0.3 is 16.9 Å². The molecule has 0 rings (SSSR count). The molecule has 0 bridgehead atoms. The molecule has 0 aromatic carbocycles. The Balaban J connectivity index is -0.000000245. The van der Waals surface area contributed by atoms with Crippen molar-refractivity contribution < 1.29 is 29.1 Å². The van der Waals surface area contributed by atoms with E-state index < -0.39 is 6.03 Å². The van der Waals surface area contributed by atoms with Crippen LogP contribution in [0.3, 0.4) is 0 Å². The maximum Gasteiger partial charge on any atom is 1.00 e. The van der Waals surface area contributed by atoms with Crippen LogP contribution in [0, 0.1) is 0 Å². The van der Waals surface area contributed by atoms with Crippen molar-refractivity contribution in [3.63, 3.8) is 0 Å². The van der Waals surface area contributed by atoms with Crippen molar-refractivity contribution in [1.29, 1.82) is 0 Å². The van der Waals surface area contributed by atoms with Crippen molar-refractivity contribution in [1.82, 2.24) is 10.9 Å². The summed E-state index contributed by atoms with van der Waals surface area (Å²) in [7, 11) is 0. The minimum atomic E-state index is -0.724. The third-order valence-corrected chi connectivity index (χ3v) is 0.411. The van der Waals surface area contributed by atoms with Crippen LogP contribution in [0.15, 0.2) is 0 Å². The minimum absolute atomic E-state index is 0.